The second kappa shape index (κ2) is 16.7. The molecule has 0 aliphatic carbocycles. The molecular formula is C24H36O2. The molecule has 0 unspecified atom stereocenters. The number of esters is 1. The van der Waals surface area contributed by atoms with E-state index in [0.717, 1.165) is 19.3 Å². The molecular weight excluding hydrogens is 320 g/mol. The van der Waals surface area contributed by atoms with Gasteiger partial charge in [-0.15, -0.1) is 11.8 Å². The topological polar surface area (TPSA) is 26.3 Å². The predicted octanol–water partition coefficient (Wildman–Crippen LogP) is 6.94. The highest BCUT2D eigenvalue weighted by atomic mass is 16.5. The number of hydrogen-bond acceptors (Lipinski definition) is 2. The van der Waals surface area contributed by atoms with E-state index in [2.05, 4.69) is 18.8 Å². The van der Waals surface area contributed by atoms with Gasteiger partial charge in [-0.1, -0.05) is 82.9 Å². The molecule has 1 aromatic carbocycles. The van der Waals surface area contributed by atoms with Crippen molar-refractivity contribution in [2.75, 3.05) is 6.61 Å². The highest BCUT2D eigenvalue weighted by Crippen LogP contribution is 2.11. The third kappa shape index (κ3) is 12.6. The van der Waals surface area contributed by atoms with Crippen LogP contribution in [0.3, 0.4) is 0 Å². The van der Waals surface area contributed by atoms with Crippen LogP contribution in [0.4, 0.5) is 0 Å². The van der Waals surface area contributed by atoms with Crippen molar-refractivity contribution in [3.63, 3.8) is 0 Å². The molecule has 0 spiro atoms. The van der Waals surface area contributed by atoms with Crippen molar-refractivity contribution < 1.29 is 9.53 Å². The number of ether oxygens (including phenoxy) is 1. The Bertz CT molecular complexity index is 510. The molecule has 0 fully saturated rings. The minimum atomic E-state index is -0.246. The fourth-order valence-corrected chi connectivity index (χ4v) is 2.86. The fourth-order valence-electron chi connectivity index (χ4n) is 2.86. The molecule has 2 heteroatoms. The van der Waals surface area contributed by atoms with Crippen molar-refractivity contribution in [1.82, 2.24) is 0 Å². The van der Waals surface area contributed by atoms with E-state index < -0.39 is 0 Å². The Morgan fingerprint density at radius 1 is 0.769 bits per heavy atom. The highest BCUT2D eigenvalue weighted by Gasteiger charge is 2.04. The van der Waals surface area contributed by atoms with Crippen LogP contribution in [0.25, 0.3) is 0 Å². The van der Waals surface area contributed by atoms with Gasteiger partial charge < -0.3 is 4.74 Å². The van der Waals surface area contributed by atoms with Crippen molar-refractivity contribution >= 4 is 5.97 Å². The lowest BCUT2D eigenvalue weighted by Gasteiger charge is -2.02. The third-order valence-corrected chi connectivity index (χ3v) is 4.47. The molecule has 144 valence electrons. The molecule has 0 heterocycles. The number of unbranched alkanes of at least 4 members (excludes halogenated alkanes) is 11. The minimum Gasteiger partial charge on any atom is -0.462 e. The molecule has 0 aliphatic rings. The average Bonchev–Trinajstić information content (AvgIpc) is 2.68. The Balaban J connectivity index is 1.85. The van der Waals surface area contributed by atoms with Gasteiger partial charge in [0.15, 0.2) is 0 Å². The summed E-state index contributed by atoms with van der Waals surface area (Å²) in [6.07, 6.45) is 16.2. The molecule has 0 amide bonds. The molecule has 0 N–H and O–H groups in total. The molecule has 2 nitrogen and oxygen atoms in total. The van der Waals surface area contributed by atoms with Gasteiger partial charge in [0.1, 0.15) is 0 Å². The summed E-state index contributed by atoms with van der Waals surface area (Å²) in [6, 6.07) is 9.12. The SMILES string of the molecule is CCCCCCCCCCCCC#CCCCOC(=O)c1ccccc1. The van der Waals surface area contributed by atoms with Gasteiger partial charge in [0.2, 0.25) is 0 Å². The van der Waals surface area contributed by atoms with Crippen LogP contribution in [0.2, 0.25) is 0 Å². The Morgan fingerprint density at radius 3 is 1.92 bits per heavy atom. The number of hydrogen-bond donors (Lipinski definition) is 0. The van der Waals surface area contributed by atoms with Crippen LogP contribution in [-0.4, -0.2) is 12.6 Å². The number of carbonyl (C=O) groups is 1. The lowest BCUT2D eigenvalue weighted by molar-refractivity contribution is 0.0502. The van der Waals surface area contributed by atoms with E-state index in [1.165, 1.54) is 64.2 Å². The van der Waals surface area contributed by atoms with Crippen LogP contribution in [0.5, 0.6) is 0 Å². The first-order chi connectivity index (χ1) is 12.8. The van der Waals surface area contributed by atoms with Crippen LogP contribution < -0.4 is 0 Å². The summed E-state index contributed by atoms with van der Waals surface area (Å²) >= 11 is 0. The number of benzene rings is 1. The van der Waals surface area contributed by atoms with Gasteiger partial charge >= 0.3 is 5.97 Å². The van der Waals surface area contributed by atoms with Crippen LogP contribution in [0.1, 0.15) is 101 Å². The monoisotopic (exact) mass is 356 g/mol. The van der Waals surface area contributed by atoms with Gasteiger partial charge in [-0.25, -0.2) is 4.79 Å². The van der Waals surface area contributed by atoms with Crippen molar-refractivity contribution in [2.45, 2.75) is 90.4 Å². The van der Waals surface area contributed by atoms with E-state index in [9.17, 15) is 4.79 Å². The van der Waals surface area contributed by atoms with Crippen LogP contribution in [0.15, 0.2) is 30.3 Å². The van der Waals surface area contributed by atoms with E-state index in [1.54, 1.807) is 12.1 Å². The van der Waals surface area contributed by atoms with Crippen LogP contribution in [-0.2, 0) is 4.74 Å². The molecule has 0 atom stereocenters. The summed E-state index contributed by atoms with van der Waals surface area (Å²) in [4.78, 5) is 11.7. The van der Waals surface area contributed by atoms with E-state index >= 15 is 0 Å². The molecule has 0 aromatic heterocycles. The Labute approximate surface area is 160 Å². The molecule has 0 bridgehead atoms. The molecule has 26 heavy (non-hydrogen) atoms. The lowest BCUT2D eigenvalue weighted by Crippen LogP contribution is -2.05. The first kappa shape index (κ1) is 22.3. The van der Waals surface area contributed by atoms with Gasteiger partial charge in [0.05, 0.1) is 12.2 Å². The first-order valence-electron chi connectivity index (χ1n) is 10.5. The largest absolute Gasteiger partial charge is 0.462 e. The second-order valence-electron chi connectivity index (χ2n) is 6.89. The van der Waals surface area contributed by atoms with E-state index in [1.807, 2.05) is 18.2 Å². The molecule has 0 aliphatic heterocycles. The maximum atomic E-state index is 11.7. The molecule has 1 aromatic rings. The lowest BCUT2D eigenvalue weighted by atomic mass is 10.1. The van der Waals surface area contributed by atoms with Crippen molar-refractivity contribution in [1.29, 1.82) is 0 Å². The first-order valence-corrected chi connectivity index (χ1v) is 10.5. The fraction of sp³-hybridized carbons (Fsp3) is 0.625. The summed E-state index contributed by atoms with van der Waals surface area (Å²) in [6.45, 7) is 2.71. The van der Waals surface area contributed by atoms with Gasteiger partial charge in [-0.2, -0.15) is 0 Å². The molecule has 0 radical (unpaired) electrons. The summed E-state index contributed by atoms with van der Waals surface area (Å²) in [7, 11) is 0. The number of carbonyl (C=O) groups excluding carboxylic acids is 1. The normalized spacial score (nSPS) is 10.2. The Morgan fingerprint density at radius 2 is 1.31 bits per heavy atom. The van der Waals surface area contributed by atoms with Gasteiger partial charge in [0.25, 0.3) is 0 Å². The van der Waals surface area contributed by atoms with E-state index in [0.29, 0.717) is 12.2 Å². The van der Waals surface area contributed by atoms with Gasteiger partial charge in [-0.05, 0) is 25.0 Å². The van der Waals surface area contributed by atoms with E-state index in [-0.39, 0.29) is 5.97 Å². The Hall–Kier alpha value is -1.75. The molecule has 0 saturated carbocycles. The minimum absolute atomic E-state index is 0.246. The van der Waals surface area contributed by atoms with E-state index in [4.69, 9.17) is 4.74 Å². The smallest absolute Gasteiger partial charge is 0.338 e. The number of rotatable bonds is 14. The quantitative estimate of drug-likeness (QED) is 0.205. The summed E-state index contributed by atoms with van der Waals surface area (Å²) in [5.74, 6) is 6.18. The van der Waals surface area contributed by atoms with Crippen LogP contribution in [0, 0.1) is 11.8 Å². The van der Waals surface area contributed by atoms with Crippen molar-refractivity contribution in [2.24, 2.45) is 0 Å². The average molecular weight is 357 g/mol. The Kier molecular flexibility index (Phi) is 14.3. The van der Waals surface area contributed by atoms with Crippen molar-refractivity contribution in [3.8, 4) is 11.8 Å². The second-order valence-corrected chi connectivity index (χ2v) is 6.89. The van der Waals surface area contributed by atoms with Crippen molar-refractivity contribution in [3.05, 3.63) is 35.9 Å². The highest BCUT2D eigenvalue weighted by molar-refractivity contribution is 5.89. The zero-order chi connectivity index (χ0) is 18.7. The zero-order valence-corrected chi connectivity index (χ0v) is 16.6. The van der Waals surface area contributed by atoms with Crippen LogP contribution >= 0.6 is 0 Å². The van der Waals surface area contributed by atoms with Gasteiger partial charge in [-0.3, -0.25) is 0 Å². The standard InChI is InChI=1S/C24H36O2/c1-2-3-4-5-6-7-8-9-10-11-12-13-14-15-19-22-26-24(25)23-20-17-16-18-21-23/h16-18,20-21H,2-12,15,19,22H2,1H3. The zero-order valence-electron chi connectivity index (χ0n) is 16.6. The third-order valence-electron chi connectivity index (χ3n) is 4.47. The summed E-state index contributed by atoms with van der Waals surface area (Å²) in [5.41, 5.74) is 0.611. The van der Waals surface area contributed by atoms with Gasteiger partial charge in [0, 0.05) is 12.8 Å². The molecule has 1 rings (SSSR count). The molecule has 0 saturated heterocycles. The maximum Gasteiger partial charge on any atom is 0.338 e. The summed E-state index contributed by atoms with van der Waals surface area (Å²) in [5, 5.41) is 0. The maximum absolute atomic E-state index is 11.7. The summed E-state index contributed by atoms with van der Waals surface area (Å²) < 4.78 is 5.23. The predicted molar refractivity (Wildman–Crippen MR) is 110 cm³/mol.